The highest BCUT2D eigenvalue weighted by Gasteiger charge is 2.09. The molecule has 0 aliphatic rings. The first-order chi connectivity index (χ1) is 9.63. The highest BCUT2D eigenvalue weighted by atomic mass is 79.9. The number of hydrogen-bond acceptors (Lipinski definition) is 3. The largest absolute Gasteiger partial charge is 0.472 e. The minimum absolute atomic E-state index is 0.155. The standard InChI is InChI=1S/C15H12BrClN2O/c1-3-5-10(4-2)9-20-14-12-8-11(16)6-7-13(12)18-15(17)19-14/h3-8H,1-2,9H2/b10-5+. The third-order valence-electron chi connectivity index (χ3n) is 2.57. The van der Waals surface area contributed by atoms with Crippen LogP contribution in [0, 0.1) is 0 Å². The monoisotopic (exact) mass is 350 g/mol. The van der Waals surface area contributed by atoms with E-state index >= 15 is 0 Å². The van der Waals surface area contributed by atoms with Gasteiger partial charge in [-0.3, -0.25) is 0 Å². The molecule has 2 aromatic rings. The molecule has 0 saturated heterocycles. The van der Waals surface area contributed by atoms with Crippen LogP contribution in [0.2, 0.25) is 5.28 Å². The lowest BCUT2D eigenvalue weighted by atomic mass is 10.2. The van der Waals surface area contributed by atoms with E-state index in [1.165, 1.54) is 0 Å². The van der Waals surface area contributed by atoms with Gasteiger partial charge in [-0.25, -0.2) is 4.98 Å². The molecule has 1 aromatic carbocycles. The smallest absolute Gasteiger partial charge is 0.226 e. The highest BCUT2D eigenvalue weighted by Crippen LogP contribution is 2.27. The Kier molecular flexibility index (Phi) is 4.93. The van der Waals surface area contributed by atoms with Gasteiger partial charge in [-0.05, 0) is 35.4 Å². The van der Waals surface area contributed by atoms with Gasteiger partial charge in [0.2, 0.25) is 11.2 Å². The zero-order valence-electron chi connectivity index (χ0n) is 10.6. The van der Waals surface area contributed by atoms with Crippen LogP contribution in [0.25, 0.3) is 10.9 Å². The maximum atomic E-state index is 5.91. The molecular formula is C15H12BrClN2O. The predicted molar refractivity (Wildman–Crippen MR) is 86.2 cm³/mol. The summed E-state index contributed by atoms with van der Waals surface area (Å²) in [6.45, 7) is 7.71. The second-order valence-electron chi connectivity index (χ2n) is 3.93. The van der Waals surface area contributed by atoms with Crippen molar-refractivity contribution in [3.8, 4) is 5.88 Å². The van der Waals surface area contributed by atoms with Gasteiger partial charge in [-0.2, -0.15) is 4.98 Å². The summed E-state index contributed by atoms with van der Waals surface area (Å²) in [5.74, 6) is 0.443. The molecule has 1 aromatic heterocycles. The van der Waals surface area contributed by atoms with Gasteiger partial charge in [-0.15, -0.1) is 0 Å². The Morgan fingerprint density at radius 1 is 1.35 bits per heavy atom. The molecule has 3 nitrogen and oxygen atoms in total. The first-order valence-corrected chi connectivity index (χ1v) is 7.00. The molecule has 2 rings (SSSR count). The van der Waals surface area contributed by atoms with Gasteiger partial charge in [0.15, 0.2) is 0 Å². The normalized spacial score (nSPS) is 11.4. The van der Waals surface area contributed by atoms with Gasteiger partial charge in [-0.1, -0.05) is 47.3 Å². The number of aromatic nitrogens is 2. The summed E-state index contributed by atoms with van der Waals surface area (Å²) in [4.78, 5) is 8.30. The molecule has 5 heteroatoms. The van der Waals surface area contributed by atoms with E-state index in [1.807, 2.05) is 24.3 Å². The van der Waals surface area contributed by atoms with Crippen LogP contribution >= 0.6 is 27.5 Å². The van der Waals surface area contributed by atoms with Crippen molar-refractivity contribution in [1.29, 1.82) is 0 Å². The number of ether oxygens (including phenoxy) is 1. The SMILES string of the molecule is C=C/C=C(\C=C)COc1nc(Cl)nc2ccc(Br)cc12. The maximum absolute atomic E-state index is 5.91. The van der Waals surface area contributed by atoms with Gasteiger partial charge in [0.25, 0.3) is 0 Å². The molecular weight excluding hydrogens is 340 g/mol. The van der Waals surface area contributed by atoms with E-state index < -0.39 is 0 Å². The number of benzene rings is 1. The summed E-state index contributed by atoms with van der Waals surface area (Å²) in [6, 6.07) is 5.64. The quantitative estimate of drug-likeness (QED) is 0.577. The molecule has 0 atom stereocenters. The molecule has 102 valence electrons. The van der Waals surface area contributed by atoms with E-state index in [2.05, 4.69) is 39.1 Å². The Morgan fingerprint density at radius 3 is 2.85 bits per heavy atom. The van der Waals surface area contributed by atoms with Crippen LogP contribution in [0.1, 0.15) is 0 Å². The van der Waals surface area contributed by atoms with E-state index in [9.17, 15) is 0 Å². The maximum Gasteiger partial charge on any atom is 0.226 e. The van der Waals surface area contributed by atoms with Crippen LogP contribution in [0.15, 0.2) is 59.6 Å². The molecule has 0 aliphatic carbocycles. The number of hydrogen-bond donors (Lipinski definition) is 0. The van der Waals surface area contributed by atoms with Crippen molar-refractivity contribution in [2.24, 2.45) is 0 Å². The molecule has 0 saturated carbocycles. The van der Waals surface area contributed by atoms with E-state index in [1.54, 1.807) is 12.2 Å². The van der Waals surface area contributed by atoms with E-state index in [4.69, 9.17) is 16.3 Å². The van der Waals surface area contributed by atoms with Crippen molar-refractivity contribution in [3.63, 3.8) is 0 Å². The lowest BCUT2D eigenvalue weighted by molar-refractivity contribution is 0.346. The van der Waals surface area contributed by atoms with Crippen LogP contribution < -0.4 is 4.74 Å². The van der Waals surface area contributed by atoms with E-state index in [0.29, 0.717) is 12.5 Å². The minimum atomic E-state index is 0.155. The molecule has 1 heterocycles. The van der Waals surface area contributed by atoms with Crippen molar-refractivity contribution in [1.82, 2.24) is 9.97 Å². The predicted octanol–water partition coefficient (Wildman–Crippen LogP) is 4.72. The lowest BCUT2D eigenvalue weighted by Crippen LogP contribution is -2.02. The number of rotatable bonds is 5. The number of fused-ring (bicyclic) bond motifs is 1. The average Bonchev–Trinajstić information content (AvgIpc) is 2.43. The van der Waals surface area contributed by atoms with Crippen LogP contribution in [-0.2, 0) is 0 Å². The Morgan fingerprint density at radius 2 is 2.15 bits per heavy atom. The first-order valence-electron chi connectivity index (χ1n) is 5.83. The number of allylic oxidation sites excluding steroid dienone is 2. The fraction of sp³-hybridized carbons (Fsp3) is 0.0667. The Hall–Kier alpha value is -1.65. The Balaban J connectivity index is 2.38. The zero-order chi connectivity index (χ0) is 14.5. The molecule has 20 heavy (non-hydrogen) atoms. The van der Waals surface area contributed by atoms with Crippen LogP contribution in [0.5, 0.6) is 5.88 Å². The Labute approximate surface area is 130 Å². The van der Waals surface area contributed by atoms with Crippen molar-refractivity contribution in [2.45, 2.75) is 0 Å². The molecule has 0 fully saturated rings. The number of nitrogens with zero attached hydrogens (tertiary/aromatic N) is 2. The van der Waals surface area contributed by atoms with Crippen LogP contribution in [0.4, 0.5) is 0 Å². The van der Waals surface area contributed by atoms with Gasteiger partial charge >= 0.3 is 0 Å². The summed E-state index contributed by atoms with van der Waals surface area (Å²) in [5.41, 5.74) is 1.63. The van der Waals surface area contributed by atoms with Gasteiger partial charge in [0.05, 0.1) is 10.9 Å². The summed E-state index contributed by atoms with van der Waals surface area (Å²) in [6.07, 6.45) is 5.22. The third kappa shape index (κ3) is 3.46. The fourth-order valence-corrected chi connectivity index (χ4v) is 2.16. The van der Waals surface area contributed by atoms with Crippen molar-refractivity contribution >= 4 is 38.4 Å². The zero-order valence-corrected chi connectivity index (χ0v) is 13.0. The summed E-state index contributed by atoms with van der Waals surface area (Å²) in [7, 11) is 0. The van der Waals surface area contributed by atoms with Crippen molar-refractivity contribution in [3.05, 3.63) is 64.9 Å². The molecule has 0 aliphatic heterocycles. The third-order valence-corrected chi connectivity index (χ3v) is 3.23. The van der Waals surface area contributed by atoms with Crippen molar-refractivity contribution < 1.29 is 4.74 Å². The average molecular weight is 352 g/mol. The first kappa shape index (κ1) is 14.8. The van der Waals surface area contributed by atoms with Gasteiger partial charge in [0.1, 0.15) is 6.61 Å². The van der Waals surface area contributed by atoms with Crippen LogP contribution in [0.3, 0.4) is 0 Å². The van der Waals surface area contributed by atoms with Crippen LogP contribution in [-0.4, -0.2) is 16.6 Å². The fourth-order valence-electron chi connectivity index (χ4n) is 1.63. The summed E-state index contributed by atoms with van der Waals surface area (Å²) >= 11 is 9.33. The molecule has 0 spiro atoms. The number of halogens is 2. The van der Waals surface area contributed by atoms with Gasteiger partial charge in [0, 0.05) is 4.47 Å². The second-order valence-corrected chi connectivity index (χ2v) is 5.18. The lowest BCUT2D eigenvalue weighted by Gasteiger charge is -2.09. The highest BCUT2D eigenvalue weighted by molar-refractivity contribution is 9.10. The Bertz CT molecular complexity index is 698. The summed E-state index contributed by atoms with van der Waals surface area (Å²) in [5, 5.41) is 0.952. The second kappa shape index (κ2) is 6.68. The molecule has 0 amide bonds. The van der Waals surface area contributed by atoms with Gasteiger partial charge < -0.3 is 4.74 Å². The summed E-state index contributed by atoms with van der Waals surface area (Å²) < 4.78 is 6.64. The molecule has 0 radical (unpaired) electrons. The molecule has 0 N–H and O–H groups in total. The molecule has 0 bridgehead atoms. The topological polar surface area (TPSA) is 35.0 Å². The molecule has 0 unspecified atom stereocenters. The van der Waals surface area contributed by atoms with E-state index in [0.717, 1.165) is 20.9 Å². The van der Waals surface area contributed by atoms with Crippen molar-refractivity contribution in [2.75, 3.05) is 6.61 Å². The minimum Gasteiger partial charge on any atom is -0.472 e. The van der Waals surface area contributed by atoms with E-state index in [-0.39, 0.29) is 5.28 Å².